The molecule has 0 spiro atoms. The smallest absolute Gasteiger partial charge is 0.260 e. The molecule has 0 fully saturated rings. The predicted molar refractivity (Wildman–Crippen MR) is 136 cm³/mol. The Bertz CT molecular complexity index is 1460. The zero-order valence-electron chi connectivity index (χ0n) is 18.0. The summed E-state index contributed by atoms with van der Waals surface area (Å²) >= 11 is 0. The van der Waals surface area contributed by atoms with Crippen molar-refractivity contribution in [3.8, 4) is 34.1 Å². The minimum Gasteiger partial charge on any atom is -0.458 e. The van der Waals surface area contributed by atoms with Gasteiger partial charge in [0.1, 0.15) is 23.0 Å². The van der Waals surface area contributed by atoms with Crippen molar-refractivity contribution in [1.29, 1.82) is 0 Å². The number of allylic oxidation sites excluding steroid dienone is 4. The maximum absolute atomic E-state index is 6.52. The molecule has 0 radical (unpaired) electrons. The lowest BCUT2D eigenvalue weighted by Gasteiger charge is -2.34. The second kappa shape index (κ2) is 7.68. The molecule has 0 unspecified atom stereocenters. The van der Waals surface area contributed by atoms with E-state index >= 15 is 0 Å². The van der Waals surface area contributed by atoms with E-state index in [1.165, 1.54) is 0 Å². The third-order valence-corrected chi connectivity index (χ3v) is 6.27. The Morgan fingerprint density at radius 2 is 1.45 bits per heavy atom. The quantitative estimate of drug-likeness (QED) is 0.286. The molecule has 0 bridgehead atoms. The second-order valence-electron chi connectivity index (χ2n) is 8.05. The second-order valence-corrected chi connectivity index (χ2v) is 8.05. The molecule has 2 aliphatic rings. The maximum atomic E-state index is 6.52. The Morgan fingerprint density at radius 3 is 2.18 bits per heavy atom. The van der Waals surface area contributed by atoms with Crippen LogP contribution in [0.1, 0.15) is 5.56 Å². The molecule has 6 rings (SSSR count). The van der Waals surface area contributed by atoms with Crippen molar-refractivity contribution >= 4 is 28.7 Å². The van der Waals surface area contributed by atoms with E-state index in [-0.39, 0.29) is 6.71 Å². The van der Waals surface area contributed by atoms with E-state index in [2.05, 4.69) is 54.5 Å². The van der Waals surface area contributed by atoms with E-state index < -0.39 is 0 Å². The van der Waals surface area contributed by atoms with Crippen molar-refractivity contribution in [2.45, 2.75) is 0 Å². The van der Waals surface area contributed by atoms with Gasteiger partial charge in [-0.25, -0.2) is 0 Å². The molecule has 4 aromatic rings. The average molecular weight is 425 g/mol. The Balaban J connectivity index is 1.63. The lowest BCUT2D eigenvalue weighted by molar-refractivity contribution is 0.464. The van der Waals surface area contributed by atoms with Gasteiger partial charge in [-0.15, -0.1) is 0 Å². The van der Waals surface area contributed by atoms with Crippen molar-refractivity contribution in [1.82, 2.24) is 4.98 Å². The predicted octanol–water partition coefficient (Wildman–Crippen LogP) is 5.23. The fourth-order valence-electron chi connectivity index (χ4n) is 4.86. The van der Waals surface area contributed by atoms with Crippen LogP contribution in [0.25, 0.3) is 16.7 Å². The van der Waals surface area contributed by atoms with Crippen molar-refractivity contribution in [3.63, 3.8) is 0 Å². The van der Waals surface area contributed by atoms with Gasteiger partial charge in [0.2, 0.25) is 0 Å². The Kier molecular flexibility index (Phi) is 4.51. The first kappa shape index (κ1) is 19.4. The number of para-hydroxylation sites is 2. The van der Waals surface area contributed by atoms with Crippen LogP contribution in [0.4, 0.5) is 0 Å². The van der Waals surface area contributed by atoms with Gasteiger partial charge in [-0.2, -0.15) is 0 Å². The molecule has 0 saturated carbocycles. The topological polar surface area (TPSA) is 31.4 Å². The van der Waals surface area contributed by atoms with Crippen LogP contribution >= 0.6 is 0 Å². The van der Waals surface area contributed by atoms with E-state index in [4.69, 9.17) is 9.47 Å². The molecule has 0 amide bonds. The molecule has 4 heteroatoms. The average Bonchev–Trinajstić information content (AvgIpc) is 2.87. The number of nitrogens with zero attached hydrogens (tertiary/aromatic N) is 1. The van der Waals surface area contributed by atoms with E-state index in [1.807, 2.05) is 54.9 Å². The molecule has 0 N–H and O–H groups in total. The molecule has 2 aliphatic heterocycles. The summed E-state index contributed by atoms with van der Waals surface area (Å²) in [4.78, 5) is 4.17. The number of hydrogen-bond acceptors (Lipinski definition) is 3. The molecule has 1 aromatic heterocycles. The van der Waals surface area contributed by atoms with Crippen molar-refractivity contribution < 1.29 is 9.47 Å². The van der Waals surface area contributed by atoms with E-state index in [0.29, 0.717) is 0 Å². The summed E-state index contributed by atoms with van der Waals surface area (Å²) in [6.07, 6.45) is 9.18. The SMILES string of the molecule is C=C/C=C(\C=C)c1cccc2c1Oc1cccc3c1B2c1cccc(-c2ccncc2)c1O3. The lowest BCUT2D eigenvalue weighted by Crippen LogP contribution is -2.57. The number of hydrogen-bond donors (Lipinski definition) is 0. The van der Waals surface area contributed by atoms with Gasteiger partial charge >= 0.3 is 0 Å². The van der Waals surface area contributed by atoms with E-state index in [0.717, 1.165) is 61.6 Å². The fourth-order valence-corrected chi connectivity index (χ4v) is 4.86. The summed E-state index contributed by atoms with van der Waals surface area (Å²) in [5.74, 6) is 3.37. The van der Waals surface area contributed by atoms with Crippen LogP contribution in [0.3, 0.4) is 0 Å². The van der Waals surface area contributed by atoms with Gasteiger partial charge in [0.05, 0.1) is 0 Å². The van der Waals surface area contributed by atoms with Crippen LogP contribution in [-0.2, 0) is 0 Å². The molecule has 33 heavy (non-hydrogen) atoms. The number of aromatic nitrogens is 1. The summed E-state index contributed by atoms with van der Waals surface area (Å²) < 4.78 is 13.0. The first-order valence-electron chi connectivity index (χ1n) is 10.9. The molecule has 3 heterocycles. The van der Waals surface area contributed by atoms with Gasteiger partial charge in [0.15, 0.2) is 0 Å². The summed E-state index contributed by atoms with van der Waals surface area (Å²) in [5.41, 5.74) is 7.39. The third kappa shape index (κ3) is 2.95. The zero-order chi connectivity index (χ0) is 22.4. The minimum atomic E-state index is 0.000216. The van der Waals surface area contributed by atoms with Crippen molar-refractivity contribution in [2.75, 3.05) is 0 Å². The van der Waals surface area contributed by atoms with Crippen LogP contribution < -0.4 is 25.9 Å². The van der Waals surface area contributed by atoms with Gasteiger partial charge in [-0.3, -0.25) is 4.98 Å². The summed E-state index contributed by atoms with van der Waals surface area (Å²) in [5, 5.41) is 0. The number of rotatable bonds is 4. The van der Waals surface area contributed by atoms with Crippen LogP contribution in [0.2, 0.25) is 0 Å². The Morgan fingerprint density at radius 1 is 0.788 bits per heavy atom. The normalized spacial score (nSPS) is 13.1. The zero-order valence-corrected chi connectivity index (χ0v) is 18.0. The highest BCUT2D eigenvalue weighted by atomic mass is 16.5. The maximum Gasteiger partial charge on any atom is 0.260 e. The van der Waals surface area contributed by atoms with Crippen LogP contribution in [-0.4, -0.2) is 11.7 Å². The number of benzene rings is 3. The van der Waals surface area contributed by atoms with E-state index in [1.54, 1.807) is 6.08 Å². The summed E-state index contributed by atoms with van der Waals surface area (Å²) in [6.45, 7) is 7.85. The van der Waals surface area contributed by atoms with Crippen molar-refractivity contribution in [3.05, 3.63) is 116 Å². The molecular weight excluding hydrogens is 405 g/mol. The molecule has 0 saturated heterocycles. The summed E-state index contributed by atoms with van der Waals surface area (Å²) in [7, 11) is 0. The summed E-state index contributed by atoms with van der Waals surface area (Å²) in [6, 6.07) is 22.7. The highest BCUT2D eigenvalue weighted by Crippen LogP contribution is 2.40. The number of ether oxygens (including phenoxy) is 2. The highest BCUT2D eigenvalue weighted by molar-refractivity contribution is 6.98. The van der Waals surface area contributed by atoms with Gasteiger partial charge < -0.3 is 9.47 Å². The van der Waals surface area contributed by atoms with E-state index in [9.17, 15) is 0 Å². The molecule has 3 aromatic carbocycles. The highest BCUT2D eigenvalue weighted by Gasteiger charge is 2.41. The fraction of sp³-hybridized carbons (Fsp3) is 0. The first-order valence-corrected chi connectivity index (χ1v) is 10.9. The molecule has 3 nitrogen and oxygen atoms in total. The molecule has 0 atom stereocenters. The lowest BCUT2D eigenvalue weighted by atomic mass is 9.34. The van der Waals surface area contributed by atoms with Gasteiger partial charge in [0.25, 0.3) is 6.71 Å². The monoisotopic (exact) mass is 425 g/mol. The van der Waals surface area contributed by atoms with Crippen LogP contribution in [0, 0.1) is 0 Å². The minimum absolute atomic E-state index is 0.000216. The van der Waals surface area contributed by atoms with Crippen molar-refractivity contribution in [2.24, 2.45) is 0 Å². The Hall–Kier alpha value is -4.31. The Labute approximate surface area is 193 Å². The standard InChI is InChI=1S/C29H20BNO2/c1-3-8-19(4-2)21-9-5-11-23-28(21)32-25-13-7-14-26-27(25)30(23)24-12-6-10-22(29(24)33-26)20-15-17-31-18-16-20/h3-18H,1-2H2/b19-8+. The number of fused-ring (bicyclic) bond motifs is 4. The molecule has 156 valence electrons. The third-order valence-electron chi connectivity index (χ3n) is 6.27. The van der Waals surface area contributed by atoms with Gasteiger partial charge in [-0.1, -0.05) is 73.9 Å². The first-order chi connectivity index (χ1) is 16.3. The van der Waals surface area contributed by atoms with Gasteiger partial charge in [0, 0.05) is 29.0 Å². The molecule has 0 aliphatic carbocycles. The number of pyridine rings is 1. The largest absolute Gasteiger partial charge is 0.458 e. The molecular formula is C29H20BNO2. The van der Waals surface area contributed by atoms with Crippen LogP contribution in [0.15, 0.2) is 111 Å². The van der Waals surface area contributed by atoms with Crippen LogP contribution in [0.5, 0.6) is 23.0 Å². The van der Waals surface area contributed by atoms with Gasteiger partial charge in [-0.05, 0) is 46.3 Å².